The van der Waals surface area contributed by atoms with Gasteiger partial charge in [-0.25, -0.2) is 18.7 Å². The highest BCUT2D eigenvalue weighted by Gasteiger charge is 2.41. The van der Waals surface area contributed by atoms with Crippen molar-refractivity contribution < 1.29 is 8.78 Å². The Morgan fingerprint density at radius 3 is 2.44 bits per heavy atom. The molecule has 0 aliphatic rings. The molecule has 0 N–H and O–H groups in total. The molecule has 0 bridgehead atoms. The van der Waals surface area contributed by atoms with Crippen molar-refractivity contribution >= 4 is 22.6 Å². The topological polar surface area (TPSA) is 52.7 Å². The molecule has 5 rings (SSSR count). The molecule has 0 saturated heterocycles. The third-order valence-corrected chi connectivity index (χ3v) is 6.24. The van der Waals surface area contributed by atoms with E-state index in [4.69, 9.17) is 16.6 Å². The van der Waals surface area contributed by atoms with Crippen LogP contribution < -0.4 is 5.56 Å². The molecule has 0 saturated carbocycles. The van der Waals surface area contributed by atoms with Crippen molar-refractivity contribution in [2.45, 2.75) is 5.67 Å². The van der Waals surface area contributed by atoms with Gasteiger partial charge in [0.1, 0.15) is 5.82 Å². The van der Waals surface area contributed by atoms with E-state index < -0.39 is 11.5 Å². The zero-order valence-corrected chi connectivity index (χ0v) is 19.1. The monoisotopic (exact) mass is 476 g/mol. The maximum absolute atomic E-state index is 17.2. The summed E-state index contributed by atoms with van der Waals surface area (Å²) in [7, 11) is 3.32. The van der Waals surface area contributed by atoms with Gasteiger partial charge >= 0.3 is 0 Å². The highest BCUT2D eigenvalue weighted by Crippen LogP contribution is 2.41. The first-order chi connectivity index (χ1) is 16.3. The van der Waals surface area contributed by atoms with Crippen LogP contribution in [0.15, 0.2) is 84.0 Å². The lowest BCUT2D eigenvalue weighted by molar-refractivity contribution is 0.260. The minimum Gasteiger partial charge on any atom is -0.334 e. The number of aromatic nitrogens is 4. The highest BCUT2D eigenvalue weighted by molar-refractivity contribution is 6.30. The van der Waals surface area contributed by atoms with Crippen LogP contribution in [0.1, 0.15) is 17.0 Å². The summed E-state index contributed by atoms with van der Waals surface area (Å²) in [6, 6.07) is 16.9. The fourth-order valence-corrected chi connectivity index (χ4v) is 4.32. The zero-order chi connectivity index (χ0) is 24.0. The molecule has 1 atom stereocenters. The van der Waals surface area contributed by atoms with Gasteiger partial charge in [0.05, 0.1) is 34.9 Å². The Hall–Kier alpha value is -3.84. The van der Waals surface area contributed by atoms with Crippen molar-refractivity contribution in [3.63, 3.8) is 0 Å². The van der Waals surface area contributed by atoms with Crippen LogP contribution in [0, 0.1) is 5.82 Å². The second-order valence-electron chi connectivity index (χ2n) is 8.08. The Morgan fingerprint density at radius 1 is 1.00 bits per heavy atom. The highest BCUT2D eigenvalue weighted by atomic mass is 35.5. The molecule has 0 amide bonds. The number of aryl methyl sites for hydroxylation is 2. The SMILES string of the molecule is Cn1cncc1[C@@](F)(c1ccc(Cl)cc1)c1ccc2c(n1)c(-c1cccc(F)c1)cc(=O)n2C. The first kappa shape index (κ1) is 22.0. The van der Waals surface area contributed by atoms with Crippen molar-refractivity contribution in [2.24, 2.45) is 14.1 Å². The van der Waals surface area contributed by atoms with Crippen molar-refractivity contribution in [1.29, 1.82) is 0 Å². The van der Waals surface area contributed by atoms with Gasteiger partial charge < -0.3 is 9.13 Å². The van der Waals surface area contributed by atoms with E-state index in [0.29, 0.717) is 32.7 Å². The number of nitrogens with zero attached hydrogens (tertiary/aromatic N) is 4. The summed E-state index contributed by atoms with van der Waals surface area (Å²) in [6.45, 7) is 0. The van der Waals surface area contributed by atoms with Crippen LogP contribution in [0.3, 0.4) is 0 Å². The summed E-state index contributed by atoms with van der Waals surface area (Å²) in [6.07, 6.45) is 2.97. The number of hydrogen-bond donors (Lipinski definition) is 0. The van der Waals surface area contributed by atoms with Gasteiger partial charge in [-0.15, -0.1) is 0 Å². The third-order valence-electron chi connectivity index (χ3n) is 5.99. The molecule has 0 radical (unpaired) electrons. The molecule has 34 heavy (non-hydrogen) atoms. The maximum Gasteiger partial charge on any atom is 0.251 e. The first-order valence-electron chi connectivity index (χ1n) is 10.5. The van der Waals surface area contributed by atoms with E-state index in [1.807, 2.05) is 0 Å². The van der Waals surface area contributed by atoms with Crippen LogP contribution in [0.4, 0.5) is 8.78 Å². The summed E-state index contributed by atoms with van der Waals surface area (Å²) in [5.41, 5.74) is 0.0227. The van der Waals surface area contributed by atoms with Gasteiger partial charge in [0.15, 0.2) is 0 Å². The van der Waals surface area contributed by atoms with Crippen LogP contribution in [-0.2, 0) is 19.8 Å². The summed E-state index contributed by atoms with van der Waals surface area (Å²) >= 11 is 6.06. The van der Waals surface area contributed by atoms with E-state index in [1.54, 1.807) is 67.2 Å². The number of halogens is 3. The Balaban J connectivity index is 1.84. The van der Waals surface area contributed by atoms with Gasteiger partial charge in [-0.1, -0.05) is 35.9 Å². The molecule has 0 fully saturated rings. The van der Waals surface area contributed by atoms with E-state index in [9.17, 15) is 9.18 Å². The predicted octanol–water partition coefficient (Wildman–Crippen LogP) is 5.39. The van der Waals surface area contributed by atoms with Gasteiger partial charge in [0.2, 0.25) is 5.67 Å². The molecule has 3 heterocycles. The molecular formula is C26H19ClF2N4O. The third kappa shape index (κ3) is 3.49. The Morgan fingerprint density at radius 2 is 1.76 bits per heavy atom. The second-order valence-corrected chi connectivity index (χ2v) is 8.52. The Labute approximate surface area is 198 Å². The van der Waals surface area contributed by atoms with E-state index in [2.05, 4.69) is 4.98 Å². The quantitative estimate of drug-likeness (QED) is 0.349. The minimum absolute atomic E-state index is 0.0993. The molecule has 0 aliphatic carbocycles. The van der Waals surface area contributed by atoms with Crippen molar-refractivity contribution in [2.75, 3.05) is 0 Å². The average molecular weight is 477 g/mol. The summed E-state index contributed by atoms with van der Waals surface area (Å²) in [5.74, 6) is -0.446. The van der Waals surface area contributed by atoms with Crippen LogP contribution in [0.5, 0.6) is 0 Å². The molecule has 5 nitrogen and oxygen atoms in total. The average Bonchev–Trinajstić information content (AvgIpc) is 3.27. The fraction of sp³-hybridized carbons (Fsp3) is 0.115. The van der Waals surface area contributed by atoms with E-state index >= 15 is 4.39 Å². The first-order valence-corrected chi connectivity index (χ1v) is 10.9. The molecule has 0 aliphatic heterocycles. The molecule has 0 unspecified atom stereocenters. The second kappa shape index (κ2) is 8.18. The van der Waals surface area contributed by atoms with E-state index in [-0.39, 0.29) is 16.9 Å². The van der Waals surface area contributed by atoms with Crippen LogP contribution in [0.2, 0.25) is 5.02 Å². The lowest BCUT2D eigenvalue weighted by atomic mass is 9.88. The largest absolute Gasteiger partial charge is 0.334 e. The standard InChI is InChI=1S/C26H19ClF2N4O/c1-32-15-30-14-23(32)26(29,17-6-8-18(27)9-7-17)22-11-10-21-25(31-22)20(13-24(34)33(21)2)16-4-3-5-19(28)12-16/h3-15H,1-2H3/t26-/m1/s1. The van der Waals surface area contributed by atoms with E-state index in [1.165, 1.54) is 35.3 Å². The zero-order valence-electron chi connectivity index (χ0n) is 18.3. The van der Waals surface area contributed by atoms with Crippen LogP contribution >= 0.6 is 11.6 Å². The number of alkyl halides is 1. The van der Waals surface area contributed by atoms with Gasteiger partial charge in [0, 0.05) is 36.3 Å². The lowest BCUT2D eigenvalue weighted by Crippen LogP contribution is -2.28. The molecule has 170 valence electrons. The Bertz CT molecular complexity index is 1590. The number of fused-ring (bicyclic) bond motifs is 1. The lowest BCUT2D eigenvalue weighted by Gasteiger charge is -2.26. The van der Waals surface area contributed by atoms with Gasteiger partial charge in [0.25, 0.3) is 5.56 Å². The van der Waals surface area contributed by atoms with Crippen LogP contribution in [0.25, 0.3) is 22.2 Å². The molecule has 3 aromatic heterocycles. The molecule has 0 spiro atoms. The number of hydrogen-bond acceptors (Lipinski definition) is 3. The molecule has 8 heteroatoms. The predicted molar refractivity (Wildman–Crippen MR) is 128 cm³/mol. The number of rotatable bonds is 4. The molecular weight excluding hydrogens is 458 g/mol. The summed E-state index contributed by atoms with van der Waals surface area (Å²) < 4.78 is 34.3. The van der Waals surface area contributed by atoms with Crippen molar-refractivity contribution in [1.82, 2.24) is 19.1 Å². The minimum atomic E-state index is -2.17. The van der Waals surface area contributed by atoms with Gasteiger partial charge in [-0.3, -0.25) is 4.79 Å². The van der Waals surface area contributed by atoms with Gasteiger partial charge in [-0.05, 0) is 42.0 Å². The Kier molecular flexibility index (Phi) is 5.29. The maximum atomic E-state index is 17.2. The number of pyridine rings is 2. The van der Waals surface area contributed by atoms with E-state index in [0.717, 1.165) is 0 Å². The summed E-state index contributed by atoms with van der Waals surface area (Å²) in [4.78, 5) is 21.4. The number of benzene rings is 2. The smallest absolute Gasteiger partial charge is 0.251 e. The van der Waals surface area contributed by atoms with Crippen LogP contribution in [-0.4, -0.2) is 19.1 Å². The fourth-order valence-electron chi connectivity index (χ4n) is 4.19. The van der Waals surface area contributed by atoms with Crippen molar-refractivity contribution in [3.05, 3.63) is 117 Å². The number of imidazole rings is 1. The van der Waals surface area contributed by atoms with Gasteiger partial charge in [-0.2, -0.15) is 0 Å². The van der Waals surface area contributed by atoms with Crippen molar-refractivity contribution in [3.8, 4) is 11.1 Å². The normalized spacial score (nSPS) is 13.2. The summed E-state index contributed by atoms with van der Waals surface area (Å²) in [5, 5.41) is 0.478. The molecule has 5 aromatic rings. The molecule has 2 aromatic carbocycles.